The predicted molar refractivity (Wildman–Crippen MR) is 63.5 cm³/mol. The number of rotatable bonds is 4. The lowest BCUT2D eigenvalue weighted by atomic mass is 10.1. The van der Waals surface area contributed by atoms with Gasteiger partial charge in [0.05, 0.1) is 5.57 Å². The number of carboxylic acid groups (broad SMARTS) is 1. The quantitative estimate of drug-likeness (QED) is 0.353. The number of allylic oxidation sites excluding steroid dienone is 4. The fraction of sp³-hybridized carbons (Fsp3) is 0.154. The Morgan fingerprint density at radius 2 is 1.83 bits per heavy atom. The molecule has 0 saturated heterocycles. The first-order chi connectivity index (χ1) is 8.43. The Balaban J connectivity index is 2.70. The summed E-state index contributed by atoms with van der Waals surface area (Å²) in [7, 11) is 0. The smallest absolute Gasteiger partial charge is 0.346 e. The third kappa shape index (κ3) is 3.28. The van der Waals surface area contributed by atoms with E-state index in [1.165, 1.54) is 38.2 Å². The number of ether oxygens (including phenoxy) is 1. The lowest BCUT2D eigenvalue weighted by molar-refractivity contribution is -0.151. The summed E-state index contributed by atoms with van der Waals surface area (Å²) in [5.41, 5.74) is 0.677. The SMILES string of the molecule is CC1=C(/C=C/C=C/C=C(\C)C(=O)O)C(=O)OC1=O. The third-order valence-electron chi connectivity index (χ3n) is 2.28. The van der Waals surface area contributed by atoms with Gasteiger partial charge in [0.2, 0.25) is 0 Å². The van der Waals surface area contributed by atoms with E-state index in [2.05, 4.69) is 4.74 Å². The van der Waals surface area contributed by atoms with Crippen LogP contribution in [0.1, 0.15) is 13.8 Å². The lowest BCUT2D eigenvalue weighted by Gasteiger charge is -1.88. The molecule has 0 aromatic carbocycles. The van der Waals surface area contributed by atoms with Gasteiger partial charge in [-0.3, -0.25) is 0 Å². The van der Waals surface area contributed by atoms with Crippen LogP contribution in [0.5, 0.6) is 0 Å². The van der Waals surface area contributed by atoms with Crippen molar-refractivity contribution < 1.29 is 24.2 Å². The second kappa shape index (κ2) is 5.77. The summed E-state index contributed by atoms with van der Waals surface area (Å²) in [5, 5.41) is 8.58. The van der Waals surface area contributed by atoms with Crippen LogP contribution in [0, 0.1) is 0 Å². The van der Waals surface area contributed by atoms with Crippen molar-refractivity contribution in [3.05, 3.63) is 47.1 Å². The number of hydrogen-bond donors (Lipinski definition) is 1. The highest BCUT2D eigenvalue weighted by Gasteiger charge is 2.27. The highest BCUT2D eigenvalue weighted by molar-refractivity contribution is 6.13. The minimum Gasteiger partial charge on any atom is -0.478 e. The molecule has 1 aliphatic heterocycles. The summed E-state index contributed by atoms with van der Waals surface area (Å²) in [6.07, 6.45) is 7.49. The van der Waals surface area contributed by atoms with Crippen molar-refractivity contribution in [1.29, 1.82) is 0 Å². The molecule has 0 saturated carbocycles. The molecule has 0 amide bonds. The van der Waals surface area contributed by atoms with E-state index in [-0.39, 0.29) is 16.7 Å². The van der Waals surface area contributed by atoms with E-state index < -0.39 is 17.9 Å². The molecule has 0 atom stereocenters. The highest BCUT2D eigenvalue weighted by Crippen LogP contribution is 2.17. The van der Waals surface area contributed by atoms with Crippen molar-refractivity contribution in [2.24, 2.45) is 0 Å². The molecular formula is C13H12O5. The Hall–Kier alpha value is -2.43. The largest absolute Gasteiger partial charge is 0.478 e. The number of esters is 2. The first-order valence-electron chi connectivity index (χ1n) is 5.15. The second-order valence-corrected chi connectivity index (χ2v) is 3.61. The third-order valence-corrected chi connectivity index (χ3v) is 2.28. The maximum atomic E-state index is 11.2. The van der Waals surface area contributed by atoms with Gasteiger partial charge in [-0.25, -0.2) is 14.4 Å². The maximum absolute atomic E-state index is 11.2. The molecule has 0 aliphatic carbocycles. The van der Waals surface area contributed by atoms with Gasteiger partial charge in [-0.1, -0.05) is 24.3 Å². The number of carboxylic acids is 1. The van der Waals surface area contributed by atoms with Crippen LogP contribution in [0.2, 0.25) is 0 Å². The fourth-order valence-electron chi connectivity index (χ4n) is 1.16. The summed E-state index contributed by atoms with van der Waals surface area (Å²) in [5.74, 6) is -2.29. The summed E-state index contributed by atoms with van der Waals surface area (Å²) < 4.78 is 4.40. The van der Waals surface area contributed by atoms with Crippen LogP contribution in [0.4, 0.5) is 0 Å². The molecule has 5 nitrogen and oxygen atoms in total. The van der Waals surface area contributed by atoms with Gasteiger partial charge in [-0.05, 0) is 19.9 Å². The van der Waals surface area contributed by atoms with Gasteiger partial charge in [0.1, 0.15) is 0 Å². The predicted octanol–water partition coefficient (Wildman–Crippen LogP) is 1.53. The van der Waals surface area contributed by atoms with Gasteiger partial charge in [0.25, 0.3) is 0 Å². The molecule has 1 heterocycles. The molecule has 1 aliphatic rings. The summed E-state index contributed by atoms with van der Waals surface area (Å²) in [6, 6.07) is 0. The van der Waals surface area contributed by atoms with Crippen LogP contribution >= 0.6 is 0 Å². The molecule has 0 spiro atoms. The van der Waals surface area contributed by atoms with E-state index in [0.29, 0.717) is 0 Å². The number of aliphatic carboxylic acids is 1. The molecule has 0 aromatic heterocycles. The Kier molecular flexibility index (Phi) is 4.37. The summed E-state index contributed by atoms with van der Waals surface area (Å²) in [4.78, 5) is 32.7. The zero-order valence-corrected chi connectivity index (χ0v) is 9.97. The molecule has 1 N–H and O–H groups in total. The molecule has 0 bridgehead atoms. The molecule has 18 heavy (non-hydrogen) atoms. The van der Waals surface area contributed by atoms with Crippen LogP contribution in [0.25, 0.3) is 0 Å². The minimum atomic E-state index is -0.993. The normalized spacial score (nSPS) is 17.1. The minimum absolute atomic E-state index is 0.200. The molecule has 1 rings (SSSR count). The molecule has 0 radical (unpaired) electrons. The first-order valence-corrected chi connectivity index (χ1v) is 5.15. The molecular weight excluding hydrogens is 236 g/mol. The van der Waals surface area contributed by atoms with E-state index in [0.717, 1.165) is 0 Å². The standard InChI is InChI=1S/C13H12O5/c1-8(11(14)15)6-4-3-5-7-10-9(2)12(16)18-13(10)17/h3-7H,1-2H3,(H,14,15)/b4-3+,7-5+,8-6+. The van der Waals surface area contributed by atoms with Crippen LogP contribution in [-0.4, -0.2) is 23.0 Å². The summed E-state index contributed by atoms with van der Waals surface area (Å²) in [6.45, 7) is 2.97. The van der Waals surface area contributed by atoms with Gasteiger partial charge in [-0.15, -0.1) is 0 Å². The van der Waals surface area contributed by atoms with E-state index in [9.17, 15) is 14.4 Å². The van der Waals surface area contributed by atoms with Crippen LogP contribution in [0.15, 0.2) is 47.1 Å². The molecule has 5 heteroatoms. The van der Waals surface area contributed by atoms with Crippen molar-refractivity contribution in [2.75, 3.05) is 0 Å². The van der Waals surface area contributed by atoms with Gasteiger partial charge in [0, 0.05) is 11.1 Å². The second-order valence-electron chi connectivity index (χ2n) is 3.61. The Bertz CT molecular complexity index is 517. The van der Waals surface area contributed by atoms with E-state index >= 15 is 0 Å². The van der Waals surface area contributed by atoms with Crippen molar-refractivity contribution >= 4 is 17.9 Å². The van der Waals surface area contributed by atoms with E-state index in [1.54, 1.807) is 6.08 Å². The van der Waals surface area contributed by atoms with Crippen LogP contribution in [-0.2, 0) is 19.1 Å². The zero-order chi connectivity index (χ0) is 13.7. The molecule has 94 valence electrons. The van der Waals surface area contributed by atoms with Crippen LogP contribution < -0.4 is 0 Å². The Morgan fingerprint density at radius 1 is 1.17 bits per heavy atom. The van der Waals surface area contributed by atoms with E-state index in [1.807, 2.05) is 0 Å². The topological polar surface area (TPSA) is 80.7 Å². The summed E-state index contributed by atoms with van der Waals surface area (Å²) >= 11 is 0. The number of carbonyl (C=O) groups excluding carboxylic acids is 2. The first kappa shape index (κ1) is 13.6. The highest BCUT2D eigenvalue weighted by atomic mass is 16.6. The average molecular weight is 248 g/mol. The average Bonchev–Trinajstić information content (AvgIpc) is 2.54. The van der Waals surface area contributed by atoms with Crippen molar-refractivity contribution in [3.63, 3.8) is 0 Å². The number of cyclic esters (lactones) is 2. The number of hydrogen-bond acceptors (Lipinski definition) is 4. The van der Waals surface area contributed by atoms with Gasteiger partial charge in [-0.2, -0.15) is 0 Å². The number of carbonyl (C=O) groups is 3. The molecule has 0 fully saturated rings. The van der Waals surface area contributed by atoms with E-state index in [4.69, 9.17) is 5.11 Å². The van der Waals surface area contributed by atoms with Crippen LogP contribution in [0.3, 0.4) is 0 Å². The van der Waals surface area contributed by atoms with Gasteiger partial charge < -0.3 is 9.84 Å². The molecule has 0 aromatic rings. The van der Waals surface area contributed by atoms with Gasteiger partial charge in [0.15, 0.2) is 0 Å². The Labute approximate surface area is 104 Å². The maximum Gasteiger partial charge on any atom is 0.346 e. The Morgan fingerprint density at radius 3 is 2.33 bits per heavy atom. The lowest BCUT2D eigenvalue weighted by Crippen LogP contribution is -2.00. The van der Waals surface area contributed by atoms with Gasteiger partial charge >= 0.3 is 17.9 Å². The zero-order valence-electron chi connectivity index (χ0n) is 9.97. The monoisotopic (exact) mass is 248 g/mol. The molecule has 0 unspecified atom stereocenters. The van der Waals surface area contributed by atoms with Crippen molar-refractivity contribution in [1.82, 2.24) is 0 Å². The van der Waals surface area contributed by atoms with Crippen molar-refractivity contribution in [2.45, 2.75) is 13.8 Å². The fourth-order valence-corrected chi connectivity index (χ4v) is 1.16. The van der Waals surface area contributed by atoms with Crippen molar-refractivity contribution in [3.8, 4) is 0 Å².